The third-order valence-electron chi connectivity index (χ3n) is 4.25. The molecule has 4 rings (SSSR count). The van der Waals surface area contributed by atoms with Crippen molar-refractivity contribution in [3.8, 4) is 10.8 Å². The first-order valence-corrected chi connectivity index (χ1v) is 11.0. The molecular weight excluding hydrogens is 380 g/mol. The lowest BCUT2D eigenvalue weighted by Crippen LogP contribution is -2.44. The minimum absolute atomic E-state index is 0.143. The quantitative estimate of drug-likeness (QED) is 0.663. The highest BCUT2D eigenvalue weighted by Gasteiger charge is 2.39. The number of thiophene rings is 2. The van der Waals surface area contributed by atoms with Gasteiger partial charge >= 0.3 is 0 Å². The second-order valence-corrected chi connectivity index (χ2v) is 9.63. The molecule has 0 radical (unpaired) electrons. The Morgan fingerprint density at radius 3 is 2.80 bits per heavy atom. The zero-order chi connectivity index (χ0) is 17.5. The van der Waals surface area contributed by atoms with Gasteiger partial charge in [0.2, 0.25) is 10.0 Å². The maximum absolute atomic E-state index is 12.6. The molecule has 132 valence electrons. The van der Waals surface area contributed by atoms with E-state index in [-0.39, 0.29) is 17.3 Å². The Labute approximate surface area is 152 Å². The van der Waals surface area contributed by atoms with Gasteiger partial charge in [0.1, 0.15) is 9.77 Å². The number of nitrogens with zero attached hydrogens (tertiary/aromatic N) is 2. The van der Waals surface area contributed by atoms with E-state index in [1.807, 2.05) is 17.5 Å². The minimum atomic E-state index is -3.68. The van der Waals surface area contributed by atoms with Crippen molar-refractivity contribution < 1.29 is 12.9 Å². The molecule has 0 aliphatic heterocycles. The van der Waals surface area contributed by atoms with E-state index in [4.69, 9.17) is 10.3 Å². The molecule has 0 aromatic carbocycles. The molecule has 3 heterocycles. The summed E-state index contributed by atoms with van der Waals surface area (Å²) in [5.41, 5.74) is 5.66. The summed E-state index contributed by atoms with van der Waals surface area (Å²) in [5.74, 6) is 0.635. The molecule has 0 atom stereocenters. The minimum Gasteiger partial charge on any atom is -0.333 e. The summed E-state index contributed by atoms with van der Waals surface area (Å²) in [4.78, 5) is 5.86. The fraction of sp³-hybridized carbons (Fsp3) is 0.333. The van der Waals surface area contributed by atoms with Crippen LogP contribution in [0, 0.1) is 0 Å². The topological polar surface area (TPSA) is 111 Å². The molecule has 0 saturated heterocycles. The molecule has 0 amide bonds. The van der Waals surface area contributed by atoms with Crippen LogP contribution in [0.1, 0.15) is 30.0 Å². The van der Waals surface area contributed by atoms with E-state index >= 15 is 0 Å². The van der Waals surface area contributed by atoms with E-state index in [0.29, 0.717) is 10.7 Å². The van der Waals surface area contributed by atoms with Gasteiger partial charge in [0.25, 0.3) is 5.89 Å². The van der Waals surface area contributed by atoms with Crippen LogP contribution in [0.4, 0.5) is 0 Å². The summed E-state index contributed by atoms with van der Waals surface area (Å²) in [6, 6.07) is 5.31. The van der Waals surface area contributed by atoms with E-state index in [1.165, 1.54) is 22.7 Å². The molecule has 3 N–H and O–H groups in total. The van der Waals surface area contributed by atoms with Gasteiger partial charge in [-0.3, -0.25) is 0 Å². The molecule has 1 aliphatic rings. The molecule has 0 spiro atoms. The van der Waals surface area contributed by atoms with Gasteiger partial charge in [-0.05, 0) is 42.2 Å². The van der Waals surface area contributed by atoms with Gasteiger partial charge in [-0.1, -0.05) is 11.2 Å². The highest BCUT2D eigenvalue weighted by Crippen LogP contribution is 2.39. The van der Waals surface area contributed by atoms with E-state index in [0.717, 1.165) is 24.1 Å². The van der Waals surface area contributed by atoms with Crippen molar-refractivity contribution in [1.29, 1.82) is 0 Å². The van der Waals surface area contributed by atoms with Crippen molar-refractivity contribution in [2.45, 2.75) is 36.2 Å². The van der Waals surface area contributed by atoms with Crippen LogP contribution in [0.5, 0.6) is 0 Å². The number of hydrogen-bond acceptors (Lipinski definition) is 8. The number of sulfonamides is 1. The molecule has 0 unspecified atom stereocenters. The Hall–Kier alpha value is -1.59. The van der Waals surface area contributed by atoms with Crippen LogP contribution >= 0.6 is 22.7 Å². The summed E-state index contributed by atoms with van der Waals surface area (Å²) < 4.78 is 33.2. The van der Waals surface area contributed by atoms with Gasteiger partial charge < -0.3 is 10.3 Å². The smallest absolute Gasteiger partial charge is 0.269 e. The standard InChI is InChI=1S/C15H16N4O3S3/c16-15(5-2-6-15)14-18-13(22-19-14)12-11(4-8-24-12)25(20,21)17-9-10-3-1-7-23-10/h1,3-4,7-8,17H,2,5-6,9,16H2. The third kappa shape index (κ3) is 3.15. The summed E-state index contributed by atoms with van der Waals surface area (Å²) in [5, 5.41) is 7.56. The highest BCUT2D eigenvalue weighted by molar-refractivity contribution is 7.89. The maximum atomic E-state index is 12.6. The van der Waals surface area contributed by atoms with Crippen LogP contribution in [0.25, 0.3) is 10.8 Å². The van der Waals surface area contributed by atoms with Gasteiger partial charge in [0, 0.05) is 11.4 Å². The number of hydrogen-bond donors (Lipinski definition) is 2. The zero-order valence-electron chi connectivity index (χ0n) is 13.1. The van der Waals surface area contributed by atoms with Crippen molar-refractivity contribution in [2.24, 2.45) is 5.73 Å². The second kappa shape index (κ2) is 6.29. The van der Waals surface area contributed by atoms with Crippen LogP contribution in [0.2, 0.25) is 0 Å². The highest BCUT2D eigenvalue weighted by atomic mass is 32.2. The Morgan fingerprint density at radius 2 is 2.12 bits per heavy atom. The molecule has 1 aliphatic carbocycles. The molecule has 7 nitrogen and oxygen atoms in total. The Bertz CT molecular complexity index is 972. The van der Waals surface area contributed by atoms with Crippen molar-refractivity contribution in [1.82, 2.24) is 14.9 Å². The normalized spacial score (nSPS) is 16.7. The van der Waals surface area contributed by atoms with Gasteiger partial charge in [-0.25, -0.2) is 13.1 Å². The lowest BCUT2D eigenvalue weighted by atomic mass is 9.77. The monoisotopic (exact) mass is 396 g/mol. The number of nitrogens with two attached hydrogens (primary N) is 1. The molecule has 10 heteroatoms. The van der Waals surface area contributed by atoms with Crippen molar-refractivity contribution in [2.75, 3.05) is 0 Å². The zero-order valence-corrected chi connectivity index (χ0v) is 15.6. The summed E-state index contributed by atoms with van der Waals surface area (Å²) in [7, 11) is -3.68. The van der Waals surface area contributed by atoms with Crippen LogP contribution in [0.15, 0.2) is 38.4 Å². The SMILES string of the molecule is NC1(c2noc(-c3sccc3S(=O)(=O)NCc3cccs3)n2)CCC1. The molecular formula is C15H16N4O3S3. The van der Waals surface area contributed by atoms with Crippen LogP contribution in [0.3, 0.4) is 0 Å². The summed E-state index contributed by atoms with van der Waals surface area (Å²) >= 11 is 2.75. The molecule has 1 saturated carbocycles. The Balaban J connectivity index is 1.60. The van der Waals surface area contributed by atoms with Crippen molar-refractivity contribution in [3.05, 3.63) is 39.7 Å². The number of aromatic nitrogens is 2. The predicted octanol–water partition coefficient (Wildman–Crippen LogP) is 2.68. The number of rotatable bonds is 6. The van der Waals surface area contributed by atoms with Gasteiger partial charge in [-0.15, -0.1) is 22.7 Å². The van der Waals surface area contributed by atoms with Crippen LogP contribution < -0.4 is 10.5 Å². The van der Waals surface area contributed by atoms with E-state index in [1.54, 1.807) is 11.4 Å². The lowest BCUT2D eigenvalue weighted by Gasteiger charge is -2.34. The largest absolute Gasteiger partial charge is 0.333 e. The van der Waals surface area contributed by atoms with Gasteiger partial charge in [-0.2, -0.15) is 4.98 Å². The average Bonchev–Trinajstić information content (AvgIpc) is 3.31. The van der Waals surface area contributed by atoms with Crippen LogP contribution in [-0.2, 0) is 22.1 Å². The van der Waals surface area contributed by atoms with Gasteiger partial charge in [0.05, 0.1) is 5.54 Å². The van der Waals surface area contributed by atoms with Crippen molar-refractivity contribution in [3.63, 3.8) is 0 Å². The number of nitrogens with one attached hydrogen (secondary N) is 1. The summed E-state index contributed by atoms with van der Waals surface area (Å²) in [6.07, 6.45) is 2.65. The fourth-order valence-corrected chi connectivity index (χ4v) is 5.70. The molecule has 3 aromatic rings. The first kappa shape index (κ1) is 16.9. The Kier molecular flexibility index (Phi) is 4.24. The fourth-order valence-electron chi connectivity index (χ4n) is 2.62. The second-order valence-electron chi connectivity index (χ2n) is 5.95. The predicted molar refractivity (Wildman–Crippen MR) is 95.7 cm³/mol. The van der Waals surface area contributed by atoms with E-state index < -0.39 is 15.6 Å². The first-order chi connectivity index (χ1) is 12.0. The average molecular weight is 397 g/mol. The molecule has 3 aromatic heterocycles. The third-order valence-corrected chi connectivity index (χ3v) is 7.60. The van der Waals surface area contributed by atoms with Crippen molar-refractivity contribution >= 4 is 32.7 Å². The van der Waals surface area contributed by atoms with Gasteiger partial charge in [0.15, 0.2) is 5.82 Å². The maximum Gasteiger partial charge on any atom is 0.269 e. The lowest BCUT2D eigenvalue weighted by molar-refractivity contribution is 0.229. The molecule has 1 fully saturated rings. The Morgan fingerprint density at radius 1 is 1.28 bits per heavy atom. The molecule has 0 bridgehead atoms. The van der Waals surface area contributed by atoms with E-state index in [2.05, 4.69) is 14.9 Å². The van der Waals surface area contributed by atoms with Crippen LogP contribution in [-0.4, -0.2) is 18.6 Å². The van der Waals surface area contributed by atoms with E-state index in [9.17, 15) is 8.42 Å². The first-order valence-electron chi connectivity index (χ1n) is 7.71. The summed E-state index contributed by atoms with van der Waals surface area (Å²) in [6.45, 7) is 0.246. The molecule has 25 heavy (non-hydrogen) atoms.